The first-order valence-corrected chi connectivity index (χ1v) is 10.3. The molecule has 0 bridgehead atoms. The molecule has 0 spiro atoms. The van der Waals surface area contributed by atoms with Crippen molar-refractivity contribution in [2.75, 3.05) is 39.3 Å². The number of halogens is 1. The Labute approximate surface area is 185 Å². The molecule has 2 fully saturated rings. The van der Waals surface area contributed by atoms with Crippen molar-refractivity contribution in [3.8, 4) is 0 Å². The van der Waals surface area contributed by atoms with Crippen molar-refractivity contribution >= 4 is 35.8 Å². The van der Waals surface area contributed by atoms with Crippen LogP contribution in [-0.4, -0.2) is 62.1 Å². The van der Waals surface area contributed by atoms with Crippen LogP contribution in [0.3, 0.4) is 0 Å². The summed E-state index contributed by atoms with van der Waals surface area (Å²) in [6, 6.07) is 4.43. The quantitative estimate of drug-likeness (QED) is 0.197. The Bertz CT molecular complexity index is 604. The summed E-state index contributed by atoms with van der Waals surface area (Å²) in [7, 11) is 0. The molecule has 0 radical (unpaired) electrons. The lowest BCUT2D eigenvalue weighted by atomic mass is 10.2. The molecule has 2 aliphatic rings. The van der Waals surface area contributed by atoms with E-state index >= 15 is 0 Å². The van der Waals surface area contributed by atoms with Gasteiger partial charge in [-0.05, 0) is 50.9 Å². The van der Waals surface area contributed by atoms with Crippen LogP contribution in [-0.2, 0) is 11.2 Å². The molecule has 3 rings (SSSR count). The first kappa shape index (κ1) is 23.0. The van der Waals surface area contributed by atoms with Crippen LogP contribution >= 0.6 is 24.0 Å². The Balaban J connectivity index is 0.00000280. The average molecular weight is 503 g/mol. The highest BCUT2D eigenvalue weighted by molar-refractivity contribution is 14.0. The normalized spacial score (nSPS) is 19.9. The second-order valence-corrected chi connectivity index (χ2v) is 7.36. The van der Waals surface area contributed by atoms with Gasteiger partial charge in [-0.25, -0.2) is 0 Å². The molecule has 3 N–H and O–H groups in total. The lowest BCUT2D eigenvalue weighted by molar-refractivity contribution is -0.122. The van der Waals surface area contributed by atoms with E-state index in [1.54, 1.807) is 6.26 Å². The minimum absolute atomic E-state index is 0. The molecule has 1 unspecified atom stereocenters. The number of guanidine groups is 1. The third kappa shape index (κ3) is 7.62. The standard InChI is InChI=1S/C20H33N5O2.HI/c1-2-25-13-3-5-17(25)15-24-20(22-10-9-18-6-4-14-27-18)23-12-11-21-19(26)16-7-8-16;/h4,6,14,16-17H,2-3,5,7-13,15H2,1H3,(H,21,26)(H2,22,23,24);1H. The monoisotopic (exact) mass is 503 g/mol. The molecule has 1 aromatic heterocycles. The molecule has 7 nitrogen and oxygen atoms in total. The Morgan fingerprint density at radius 2 is 2.00 bits per heavy atom. The van der Waals surface area contributed by atoms with Gasteiger partial charge in [-0.15, -0.1) is 24.0 Å². The van der Waals surface area contributed by atoms with Gasteiger partial charge in [0, 0.05) is 38.0 Å². The zero-order valence-electron chi connectivity index (χ0n) is 16.8. The maximum atomic E-state index is 11.7. The van der Waals surface area contributed by atoms with E-state index < -0.39 is 0 Å². The van der Waals surface area contributed by atoms with Gasteiger partial charge in [-0.2, -0.15) is 0 Å². The van der Waals surface area contributed by atoms with Crippen LogP contribution in [0.4, 0.5) is 0 Å². The van der Waals surface area contributed by atoms with Crippen LogP contribution in [0.2, 0.25) is 0 Å². The summed E-state index contributed by atoms with van der Waals surface area (Å²) in [5, 5.41) is 9.72. The summed E-state index contributed by atoms with van der Waals surface area (Å²) < 4.78 is 5.38. The minimum atomic E-state index is 0. The van der Waals surface area contributed by atoms with Crippen molar-refractivity contribution in [2.24, 2.45) is 10.9 Å². The molecule has 2 heterocycles. The number of aliphatic imine (C=N–C) groups is 1. The van der Waals surface area contributed by atoms with Crippen LogP contribution in [0.15, 0.2) is 27.8 Å². The molecule has 158 valence electrons. The summed E-state index contributed by atoms with van der Waals surface area (Å²) in [6.07, 6.45) is 7.07. The third-order valence-electron chi connectivity index (χ3n) is 5.27. The van der Waals surface area contributed by atoms with Gasteiger partial charge in [0.15, 0.2) is 5.96 Å². The molecular weight excluding hydrogens is 469 g/mol. The Morgan fingerprint density at radius 3 is 2.71 bits per heavy atom. The van der Waals surface area contributed by atoms with E-state index in [1.165, 1.54) is 19.4 Å². The van der Waals surface area contributed by atoms with Gasteiger partial charge in [0.1, 0.15) is 5.76 Å². The highest BCUT2D eigenvalue weighted by Gasteiger charge is 2.29. The molecule has 1 aromatic rings. The molecule has 1 aliphatic carbocycles. The van der Waals surface area contributed by atoms with Gasteiger partial charge in [0.05, 0.1) is 12.8 Å². The summed E-state index contributed by atoms with van der Waals surface area (Å²) >= 11 is 0. The number of hydrogen-bond donors (Lipinski definition) is 3. The van der Waals surface area contributed by atoms with Crippen molar-refractivity contribution < 1.29 is 9.21 Å². The zero-order valence-corrected chi connectivity index (χ0v) is 19.1. The van der Waals surface area contributed by atoms with E-state index in [2.05, 4.69) is 27.8 Å². The molecule has 28 heavy (non-hydrogen) atoms. The average Bonchev–Trinajstić information content (AvgIpc) is 3.21. The predicted octanol–water partition coefficient (Wildman–Crippen LogP) is 1.99. The number of hydrogen-bond acceptors (Lipinski definition) is 4. The third-order valence-corrected chi connectivity index (χ3v) is 5.27. The molecule has 1 atom stereocenters. The summed E-state index contributed by atoms with van der Waals surface area (Å²) in [5.41, 5.74) is 0. The predicted molar refractivity (Wildman–Crippen MR) is 122 cm³/mol. The Kier molecular flexibility index (Phi) is 10.1. The van der Waals surface area contributed by atoms with Crippen LogP contribution < -0.4 is 16.0 Å². The second-order valence-electron chi connectivity index (χ2n) is 7.36. The number of likely N-dealkylation sites (tertiary alicyclic amines) is 1. The molecule has 8 heteroatoms. The Hall–Kier alpha value is -1.29. The van der Waals surface area contributed by atoms with E-state index in [0.717, 1.165) is 50.6 Å². The summed E-state index contributed by atoms with van der Waals surface area (Å²) in [4.78, 5) is 19.0. The molecular formula is C20H34IN5O2. The van der Waals surface area contributed by atoms with Gasteiger partial charge in [0.2, 0.25) is 5.91 Å². The number of carbonyl (C=O) groups is 1. The van der Waals surface area contributed by atoms with E-state index in [4.69, 9.17) is 9.41 Å². The molecule has 1 amide bonds. The number of carbonyl (C=O) groups excluding carboxylic acids is 1. The van der Waals surface area contributed by atoms with Gasteiger partial charge in [-0.3, -0.25) is 14.7 Å². The zero-order chi connectivity index (χ0) is 18.9. The number of furan rings is 1. The molecule has 1 saturated heterocycles. The number of nitrogens with one attached hydrogen (secondary N) is 3. The topological polar surface area (TPSA) is 81.9 Å². The van der Waals surface area contributed by atoms with Gasteiger partial charge < -0.3 is 20.4 Å². The summed E-state index contributed by atoms with van der Waals surface area (Å²) in [6.45, 7) is 7.34. The second kappa shape index (κ2) is 12.3. The first-order valence-electron chi connectivity index (χ1n) is 10.3. The lowest BCUT2D eigenvalue weighted by Crippen LogP contribution is -2.43. The minimum Gasteiger partial charge on any atom is -0.469 e. The van der Waals surface area contributed by atoms with Crippen molar-refractivity contribution in [3.05, 3.63) is 24.2 Å². The largest absolute Gasteiger partial charge is 0.469 e. The van der Waals surface area contributed by atoms with Gasteiger partial charge in [0.25, 0.3) is 0 Å². The smallest absolute Gasteiger partial charge is 0.223 e. The highest BCUT2D eigenvalue weighted by Crippen LogP contribution is 2.28. The van der Waals surface area contributed by atoms with E-state index in [-0.39, 0.29) is 35.8 Å². The van der Waals surface area contributed by atoms with Gasteiger partial charge >= 0.3 is 0 Å². The summed E-state index contributed by atoms with van der Waals surface area (Å²) in [5.74, 6) is 2.22. The van der Waals surface area contributed by atoms with Crippen molar-refractivity contribution in [1.82, 2.24) is 20.9 Å². The van der Waals surface area contributed by atoms with Crippen molar-refractivity contribution in [2.45, 2.75) is 45.1 Å². The number of nitrogens with zero attached hydrogens (tertiary/aromatic N) is 2. The lowest BCUT2D eigenvalue weighted by Gasteiger charge is -2.21. The van der Waals surface area contributed by atoms with Crippen molar-refractivity contribution in [1.29, 1.82) is 0 Å². The SMILES string of the molecule is CCN1CCCC1CN=C(NCCNC(=O)C1CC1)NCCc1ccco1.I. The Morgan fingerprint density at radius 1 is 1.21 bits per heavy atom. The maximum absolute atomic E-state index is 11.7. The molecule has 1 aliphatic heterocycles. The fourth-order valence-corrected chi connectivity index (χ4v) is 3.50. The first-order chi connectivity index (χ1) is 13.3. The van der Waals surface area contributed by atoms with Crippen LogP contribution in [0, 0.1) is 5.92 Å². The van der Waals surface area contributed by atoms with E-state index in [1.807, 2.05) is 12.1 Å². The number of amides is 1. The maximum Gasteiger partial charge on any atom is 0.223 e. The van der Waals surface area contributed by atoms with Crippen molar-refractivity contribution in [3.63, 3.8) is 0 Å². The van der Waals surface area contributed by atoms with Crippen LogP contribution in [0.5, 0.6) is 0 Å². The van der Waals surface area contributed by atoms with E-state index in [9.17, 15) is 4.79 Å². The number of likely N-dealkylation sites (N-methyl/N-ethyl adjacent to an activating group) is 1. The number of rotatable bonds is 10. The molecule has 0 aromatic carbocycles. The highest BCUT2D eigenvalue weighted by atomic mass is 127. The fourth-order valence-electron chi connectivity index (χ4n) is 3.50. The van der Waals surface area contributed by atoms with Crippen LogP contribution in [0.1, 0.15) is 38.4 Å². The molecule has 1 saturated carbocycles. The van der Waals surface area contributed by atoms with E-state index in [0.29, 0.717) is 19.1 Å². The van der Waals surface area contributed by atoms with Crippen LogP contribution in [0.25, 0.3) is 0 Å². The fraction of sp³-hybridized carbons (Fsp3) is 0.700. The van der Waals surface area contributed by atoms with Gasteiger partial charge in [-0.1, -0.05) is 6.92 Å².